The first-order valence-corrected chi connectivity index (χ1v) is 40.1. The smallest absolute Gasteiger partial charge is 0.164 e. The number of hydrogen-bond acceptors (Lipinski definition) is 18. The van der Waals surface area contributed by atoms with Crippen molar-refractivity contribution in [2.75, 3.05) is 39.6 Å². The summed E-state index contributed by atoms with van der Waals surface area (Å²) < 4.78 is 38.8. The summed E-state index contributed by atoms with van der Waals surface area (Å²) in [5, 5.41) is 6.28. The molecule has 0 saturated carbocycles. The number of H-pyrrole nitrogens is 4. The summed E-state index contributed by atoms with van der Waals surface area (Å²) in [6.07, 6.45) is 0. The van der Waals surface area contributed by atoms with Gasteiger partial charge in [-0.3, -0.25) is 0 Å². The average molecular weight is 1570 g/mol. The number of rotatable bonds is 12. The van der Waals surface area contributed by atoms with Crippen molar-refractivity contribution in [3.8, 4) is 137 Å². The van der Waals surface area contributed by atoms with Gasteiger partial charge in [0.2, 0.25) is 0 Å². The Morgan fingerprint density at radius 2 is 0.390 bits per heavy atom. The average Bonchev–Trinajstić information content (AvgIpc) is 1.60. The molecule has 4 N–H and O–H groups in total. The second-order valence-corrected chi connectivity index (χ2v) is 38.3. The lowest BCUT2D eigenvalue weighted by molar-refractivity contribution is 0.198. The van der Waals surface area contributed by atoms with Crippen molar-refractivity contribution in [1.82, 2.24) is 79.7 Å². The number of ether oxygens (including phenoxy) is 6. The van der Waals surface area contributed by atoms with Crippen molar-refractivity contribution in [2.45, 2.75) is 125 Å². The number of fused-ring (bicyclic) bond motifs is 40. The molecule has 16 bridgehead atoms. The van der Waals surface area contributed by atoms with Crippen molar-refractivity contribution >= 4 is 88.3 Å². The SMILES string of the molecule is CC(C)(C)COc1ccc2c(c1)-c1nc-2nc2[nH]c(nc3nc(nc4[nH]c(n1)c1cc(OCC(C)(C)C)ccc41)-c1cc(C#Cc4ccc5c(c4)-c4nc-5nc5[nH]c(nc6nc(nc7[nH]c(n4)c4ccc(OCC(C)(C)C)cc74)-c4cc(OCC(C)(C)C)ccc4-6)c4cc(OCC(C)(C)C)ccc54)ccc1-3)c1ccc(OCC(C)(C)C)cc21. The summed E-state index contributed by atoms with van der Waals surface area (Å²) in [7, 11) is 0. The maximum atomic E-state index is 6.49. The van der Waals surface area contributed by atoms with Crippen LogP contribution >= 0.6 is 0 Å². The molecule has 594 valence electrons. The van der Waals surface area contributed by atoms with Crippen LogP contribution in [-0.2, 0) is 0 Å². The Morgan fingerprint density at radius 3 is 0.619 bits per heavy atom. The Hall–Kier alpha value is -13.2. The van der Waals surface area contributed by atoms with Crippen LogP contribution in [0.5, 0.6) is 34.5 Å². The predicted octanol–water partition coefficient (Wildman–Crippen LogP) is 22.0. The standard InChI is InChI=1S/C96H94N16O6/c1-91(2,3)45-113-53-23-31-61-69(39-53)85-103-77(61)97-75-59-29-21-51(37-67(59)83(99-75)101-79-63-33-25-55(115-47-93(7,8)9)41-71(63)87(107-79)111-89-73-43-57(117-49-95(13,14)15)27-35-65(73)81(105-85)109-89)19-20-52-22-30-60-68(38-52)84-100-76(60)98-78-62-32-24-54(114-46-92(4,5)6)40-70(62)86(104-78)106-82-66-36-28-58(118-50-96(16,17)18)44-74(66)90(110-82)112-88-72-42-56(116-48-94(10,11)12)26-34-64(72)80(102-84)108-88/h21-44H,45-50H2,1-18H3,(H2,97,99,101,103,105,107,109,111)(H2,98,100,102,104,106,108,110,112). The molecule has 22 nitrogen and oxygen atoms in total. The van der Waals surface area contributed by atoms with Crippen molar-refractivity contribution in [1.29, 1.82) is 0 Å². The number of aromatic nitrogens is 16. The molecule has 6 aromatic heterocycles. The van der Waals surface area contributed by atoms with Crippen LogP contribution in [0.4, 0.5) is 0 Å². The van der Waals surface area contributed by atoms with E-state index in [-0.39, 0.29) is 32.5 Å². The third kappa shape index (κ3) is 15.8. The van der Waals surface area contributed by atoms with Gasteiger partial charge in [0.25, 0.3) is 0 Å². The highest BCUT2D eigenvalue weighted by Gasteiger charge is 2.29. The van der Waals surface area contributed by atoms with E-state index in [1.54, 1.807) is 0 Å². The largest absolute Gasteiger partial charge is 0.493 e. The van der Waals surface area contributed by atoms with Gasteiger partial charge < -0.3 is 48.4 Å². The molecule has 118 heavy (non-hydrogen) atoms. The second-order valence-electron chi connectivity index (χ2n) is 38.3. The van der Waals surface area contributed by atoms with E-state index in [2.05, 4.69) is 156 Å². The molecule has 22 heteroatoms. The minimum absolute atomic E-state index is 0.0943. The first kappa shape index (κ1) is 76.2. The summed E-state index contributed by atoms with van der Waals surface area (Å²) in [5.74, 6) is 14.7. The van der Waals surface area contributed by atoms with Gasteiger partial charge in [-0.25, -0.2) is 59.8 Å². The third-order valence-electron chi connectivity index (χ3n) is 19.9. The fourth-order valence-corrected chi connectivity index (χ4v) is 14.1. The maximum absolute atomic E-state index is 6.49. The van der Waals surface area contributed by atoms with Gasteiger partial charge in [0.1, 0.15) is 79.7 Å². The Labute approximate surface area is 683 Å². The number of aromatic amines is 4. The molecule has 4 aliphatic rings. The lowest BCUT2D eigenvalue weighted by Crippen LogP contribution is -2.16. The van der Waals surface area contributed by atoms with Crippen LogP contribution in [0.2, 0.25) is 0 Å². The first-order valence-electron chi connectivity index (χ1n) is 40.1. The zero-order valence-electron chi connectivity index (χ0n) is 69.9. The molecule has 0 fully saturated rings. The van der Waals surface area contributed by atoms with E-state index >= 15 is 0 Å². The van der Waals surface area contributed by atoms with E-state index in [1.807, 2.05) is 146 Å². The Bertz CT molecular complexity index is 6530. The van der Waals surface area contributed by atoms with Gasteiger partial charge in [0.15, 0.2) is 46.6 Å². The Balaban J connectivity index is 0.808. The minimum Gasteiger partial charge on any atom is -0.493 e. The number of hydrogen-bond donors (Lipinski definition) is 4. The second kappa shape index (κ2) is 28.3. The molecule has 18 rings (SSSR count). The molecular formula is C96H94N16O6. The fourth-order valence-electron chi connectivity index (χ4n) is 14.1. The molecule has 4 aliphatic heterocycles. The van der Waals surface area contributed by atoms with E-state index in [0.29, 0.717) is 188 Å². The zero-order valence-corrected chi connectivity index (χ0v) is 69.9. The monoisotopic (exact) mass is 1570 g/mol. The van der Waals surface area contributed by atoms with Crippen LogP contribution in [0.15, 0.2) is 146 Å². The maximum Gasteiger partial charge on any atom is 0.164 e. The molecule has 0 radical (unpaired) electrons. The molecule has 0 unspecified atom stereocenters. The topological polar surface area (TPSA) is 273 Å². The molecule has 0 spiro atoms. The van der Waals surface area contributed by atoms with Crippen LogP contribution in [0, 0.1) is 44.3 Å². The normalized spacial score (nSPS) is 12.8. The fraction of sp³-hybridized carbons (Fsp3) is 0.312. The predicted molar refractivity (Wildman–Crippen MR) is 468 cm³/mol. The molecule has 0 saturated heterocycles. The number of benzene rings is 8. The molecule has 14 aromatic rings. The molecular weight excluding hydrogens is 1470 g/mol. The summed E-state index contributed by atoms with van der Waals surface area (Å²) in [5.41, 5.74) is 11.0. The van der Waals surface area contributed by atoms with E-state index in [0.717, 1.165) is 76.5 Å². The Kier molecular flexibility index (Phi) is 18.3. The highest BCUT2D eigenvalue weighted by molar-refractivity contribution is 6.09. The minimum atomic E-state index is -0.108. The summed E-state index contributed by atoms with van der Waals surface area (Å²) >= 11 is 0. The van der Waals surface area contributed by atoms with Crippen LogP contribution in [-0.4, -0.2) is 119 Å². The van der Waals surface area contributed by atoms with E-state index in [1.165, 1.54) is 0 Å². The zero-order chi connectivity index (χ0) is 82.3. The van der Waals surface area contributed by atoms with Crippen molar-refractivity contribution in [2.24, 2.45) is 32.5 Å². The van der Waals surface area contributed by atoms with Crippen molar-refractivity contribution in [3.05, 3.63) is 157 Å². The Morgan fingerprint density at radius 1 is 0.203 bits per heavy atom. The molecule has 0 amide bonds. The number of nitrogens with zero attached hydrogens (tertiary/aromatic N) is 12. The van der Waals surface area contributed by atoms with Crippen LogP contribution in [0.3, 0.4) is 0 Å². The first-order chi connectivity index (χ1) is 56.0. The van der Waals surface area contributed by atoms with E-state index in [4.69, 9.17) is 88.2 Å². The van der Waals surface area contributed by atoms with E-state index < -0.39 is 0 Å². The van der Waals surface area contributed by atoms with Gasteiger partial charge in [-0.05, 0) is 178 Å². The molecule has 8 aromatic carbocycles. The van der Waals surface area contributed by atoms with Crippen molar-refractivity contribution < 1.29 is 28.4 Å². The van der Waals surface area contributed by atoms with Gasteiger partial charge >= 0.3 is 0 Å². The summed E-state index contributed by atoms with van der Waals surface area (Å²) in [6, 6.07) is 47.9. The van der Waals surface area contributed by atoms with Crippen molar-refractivity contribution in [3.63, 3.8) is 0 Å². The number of nitrogens with one attached hydrogen (secondary N) is 4. The summed E-state index contributed by atoms with van der Waals surface area (Å²) in [6.45, 7) is 41.6. The van der Waals surface area contributed by atoms with Crippen LogP contribution in [0.1, 0.15) is 136 Å². The third-order valence-corrected chi connectivity index (χ3v) is 19.9. The van der Waals surface area contributed by atoms with Crippen LogP contribution in [0.25, 0.3) is 179 Å². The summed E-state index contributed by atoms with van der Waals surface area (Å²) in [4.78, 5) is 78.9. The molecule has 0 atom stereocenters. The van der Waals surface area contributed by atoms with Gasteiger partial charge in [-0.2, -0.15) is 0 Å². The van der Waals surface area contributed by atoms with Gasteiger partial charge in [-0.1, -0.05) is 136 Å². The van der Waals surface area contributed by atoms with Gasteiger partial charge in [-0.15, -0.1) is 0 Å². The van der Waals surface area contributed by atoms with Gasteiger partial charge in [0.05, 0.1) is 39.6 Å². The van der Waals surface area contributed by atoms with Gasteiger partial charge in [0, 0.05) is 98.7 Å². The quantitative estimate of drug-likeness (QED) is 0.0828. The highest BCUT2D eigenvalue weighted by atomic mass is 16.5. The highest BCUT2D eigenvalue weighted by Crippen LogP contribution is 2.44. The molecule has 10 heterocycles. The molecule has 0 aliphatic carbocycles. The van der Waals surface area contributed by atoms with Crippen LogP contribution < -0.4 is 28.4 Å². The van der Waals surface area contributed by atoms with E-state index in [9.17, 15) is 0 Å². The lowest BCUT2D eigenvalue weighted by atomic mass is 9.98. The lowest BCUT2D eigenvalue weighted by Gasteiger charge is -2.19.